The minimum absolute atomic E-state index is 0.0227. The summed E-state index contributed by atoms with van der Waals surface area (Å²) in [6, 6.07) is 0. The van der Waals surface area contributed by atoms with Crippen LogP contribution in [0.1, 0.15) is 82.1 Å². The lowest BCUT2D eigenvalue weighted by molar-refractivity contribution is -0.139. The molecular formula is C19H40O3. The number of methoxy groups -OCH3 is 1. The average molecular weight is 317 g/mol. The highest BCUT2D eigenvalue weighted by molar-refractivity contribution is 4.89. The van der Waals surface area contributed by atoms with Crippen LogP contribution in [-0.2, 0) is 14.2 Å². The van der Waals surface area contributed by atoms with Crippen LogP contribution < -0.4 is 0 Å². The van der Waals surface area contributed by atoms with Gasteiger partial charge in [0.15, 0.2) is 0 Å². The smallest absolute Gasteiger partial charge is 0.0678 e. The van der Waals surface area contributed by atoms with E-state index in [1.807, 2.05) is 0 Å². The van der Waals surface area contributed by atoms with Gasteiger partial charge in [-0.25, -0.2) is 0 Å². The van der Waals surface area contributed by atoms with Gasteiger partial charge in [0, 0.05) is 7.11 Å². The first kappa shape index (κ1) is 21.9. The summed E-state index contributed by atoms with van der Waals surface area (Å²) in [6.07, 6.45) is 2.05. The first-order valence-electron chi connectivity index (χ1n) is 8.49. The van der Waals surface area contributed by atoms with Gasteiger partial charge in [0.2, 0.25) is 0 Å². The Balaban J connectivity index is 4.59. The molecule has 1 atom stereocenters. The first-order chi connectivity index (χ1) is 9.62. The van der Waals surface area contributed by atoms with Crippen molar-refractivity contribution in [3.8, 4) is 0 Å². The van der Waals surface area contributed by atoms with Gasteiger partial charge >= 0.3 is 0 Å². The Morgan fingerprint density at radius 2 is 1.36 bits per heavy atom. The number of hydrogen-bond acceptors (Lipinski definition) is 3. The quantitative estimate of drug-likeness (QED) is 0.584. The van der Waals surface area contributed by atoms with Crippen molar-refractivity contribution in [2.24, 2.45) is 5.41 Å². The molecule has 134 valence electrons. The van der Waals surface area contributed by atoms with Crippen LogP contribution >= 0.6 is 0 Å². The fraction of sp³-hybridized carbons (Fsp3) is 1.00. The van der Waals surface area contributed by atoms with Crippen LogP contribution in [0.25, 0.3) is 0 Å². The van der Waals surface area contributed by atoms with Crippen LogP contribution in [0.4, 0.5) is 0 Å². The number of ether oxygens (including phenoxy) is 3. The zero-order valence-corrected chi connectivity index (χ0v) is 16.9. The summed E-state index contributed by atoms with van der Waals surface area (Å²) in [7, 11) is 1.75. The zero-order chi connectivity index (χ0) is 17.8. The van der Waals surface area contributed by atoms with E-state index in [1.54, 1.807) is 7.11 Å². The lowest BCUT2D eigenvalue weighted by Crippen LogP contribution is -2.45. The van der Waals surface area contributed by atoms with Gasteiger partial charge in [-0.1, -0.05) is 13.8 Å². The normalized spacial score (nSPS) is 16.0. The predicted octanol–water partition coefficient (Wildman–Crippen LogP) is 5.22. The summed E-state index contributed by atoms with van der Waals surface area (Å²) in [6.45, 7) is 22.2. The Morgan fingerprint density at radius 3 is 1.77 bits per heavy atom. The third-order valence-corrected chi connectivity index (χ3v) is 4.70. The molecule has 0 bridgehead atoms. The largest absolute Gasteiger partial charge is 0.379 e. The molecule has 0 amide bonds. The highest BCUT2D eigenvalue weighted by atomic mass is 16.5. The third-order valence-electron chi connectivity index (χ3n) is 4.70. The van der Waals surface area contributed by atoms with Crippen molar-refractivity contribution in [3.05, 3.63) is 0 Å². The van der Waals surface area contributed by atoms with E-state index in [4.69, 9.17) is 14.2 Å². The molecule has 0 radical (unpaired) electrons. The van der Waals surface area contributed by atoms with Gasteiger partial charge in [0.25, 0.3) is 0 Å². The maximum absolute atomic E-state index is 6.23. The molecule has 3 heteroatoms. The molecular weight excluding hydrogens is 276 g/mol. The van der Waals surface area contributed by atoms with Crippen molar-refractivity contribution in [2.45, 2.75) is 105 Å². The van der Waals surface area contributed by atoms with Crippen LogP contribution in [0.5, 0.6) is 0 Å². The van der Waals surface area contributed by atoms with Crippen LogP contribution in [0, 0.1) is 5.41 Å². The average Bonchev–Trinajstić information content (AvgIpc) is 2.24. The molecule has 0 aliphatic carbocycles. The van der Waals surface area contributed by atoms with Gasteiger partial charge in [0.05, 0.1) is 29.5 Å². The van der Waals surface area contributed by atoms with E-state index in [0.717, 1.165) is 12.8 Å². The van der Waals surface area contributed by atoms with E-state index in [1.165, 1.54) is 0 Å². The summed E-state index contributed by atoms with van der Waals surface area (Å²) in [5.41, 5.74) is -0.437. The van der Waals surface area contributed by atoms with Crippen molar-refractivity contribution in [1.82, 2.24) is 0 Å². The topological polar surface area (TPSA) is 27.7 Å². The fourth-order valence-electron chi connectivity index (χ4n) is 2.46. The highest BCUT2D eigenvalue weighted by Gasteiger charge is 2.40. The lowest BCUT2D eigenvalue weighted by Gasteiger charge is -2.44. The monoisotopic (exact) mass is 316 g/mol. The van der Waals surface area contributed by atoms with Crippen molar-refractivity contribution >= 4 is 0 Å². The van der Waals surface area contributed by atoms with Crippen LogP contribution in [-0.4, -0.2) is 36.6 Å². The molecule has 0 rings (SSSR count). The molecule has 0 aromatic heterocycles. The summed E-state index contributed by atoms with van der Waals surface area (Å²) >= 11 is 0. The second-order valence-corrected chi connectivity index (χ2v) is 9.20. The van der Waals surface area contributed by atoms with E-state index in [2.05, 4.69) is 69.2 Å². The van der Waals surface area contributed by atoms with Crippen LogP contribution in [0.2, 0.25) is 0 Å². The van der Waals surface area contributed by atoms with Gasteiger partial charge < -0.3 is 14.2 Å². The van der Waals surface area contributed by atoms with Gasteiger partial charge in [-0.15, -0.1) is 0 Å². The second-order valence-electron chi connectivity index (χ2n) is 9.20. The first-order valence-corrected chi connectivity index (χ1v) is 8.49. The molecule has 0 N–H and O–H groups in total. The van der Waals surface area contributed by atoms with E-state index in [0.29, 0.717) is 6.61 Å². The SMILES string of the molecule is COC(C)(C)CCOC(C)(C)C(C)(C)CC(C)OC(C)(C)C. The molecule has 0 saturated heterocycles. The molecule has 0 fully saturated rings. The van der Waals surface area contributed by atoms with Gasteiger partial charge in [-0.05, 0) is 73.6 Å². The molecule has 0 spiro atoms. The minimum Gasteiger partial charge on any atom is -0.379 e. The maximum Gasteiger partial charge on any atom is 0.0678 e. The molecule has 0 saturated carbocycles. The van der Waals surface area contributed by atoms with Gasteiger partial charge in [0.1, 0.15) is 0 Å². The Morgan fingerprint density at radius 1 is 0.864 bits per heavy atom. The molecule has 0 aromatic carbocycles. The zero-order valence-electron chi connectivity index (χ0n) is 16.9. The van der Waals surface area contributed by atoms with Crippen LogP contribution in [0.3, 0.4) is 0 Å². The molecule has 0 aliphatic rings. The molecule has 22 heavy (non-hydrogen) atoms. The summed E-state index contributed by atoms with van der Waals surface area (Å²) < 4.78 is 17.8. The third kappa shape index (κ3) is 7.94. The Bertz CT molecular complexity index is 324. The number of hydrogen-bond donors (Lipinski definition) is 0. The fourth-order valence-corrected chi connectivity index (χ4v) is 2.46. The Kier molecular flexibility index (Phi) is 7.59. The van der Waals surface area contributed by atoms with E-state index in [-0.39, 0.29) is 28.3 Å². The van der Waals surface area contributed by atoms with E-state index >= 15 is 0 Å². The van der Waals surface area contributed by atoms with E-state index in [9.17, 15) is 0 Å². The summed E-state index contributed by atoms with van der Waals surface area (Å²) in [5.74, 6) is 0. The minimum atomic E-state index is -0.216. The lowest BCUT2D eigenvalue weighted by atomic mass is 9.73. The summed E-state index contributed by atoms with van der Waals surface area (Å²) in [5, 5.41) is 0. The van der Waals surface area contributed by atoms with E-state index < -0.39 is 0 Å². The molecule has 0 aromatic rings. The highest BCUT2D eigenvalue weighted by Crippen LogP contribution is 2.39. The van der Waals surface area contributed by atoms with Crippen molar-refractivity contribution in [1.29, 1.82) is 0 Å². The molecule has 0 aliphatic heterocycles. The van der Waals surface area contributed by atoms with Crippen molar-refractivity contribution in [3.63, 3.8) is 0 Å². The molecule has 1 unspecified atom stereocenters. The second kappa shape index (κ2) is 7.63. The molecule has 0 heterocycles. The summed E-state index contributed by atoms with van der Waals surface area (Å²) in [4.78, 5) is 0. The van der Waals surface area contributed by atoms with Crippen molar-refractivity contribution in [2.75, 3.05) is 13.7 Å². The molecule has 3 nitrogen and oxygen atoms in total. The maximum atomic E-state index is 6.23. The van der Waals surface area contributed by atoms with Gasteiger partial charge in [-0.2, -0.15) is 0 Å². The van der Waals surface area contributed by atoms with Crippen molar-refractivity contribution < 1.29 is 14.2 Å². The predicted molar refractivity (Wildman–Crippen MR) is 94.4 cm³/mol. The standard InChI is InChI=1S/C19H40O3/c1-15(22-16(2,3)4)14-17(5,6)19(9,10)21-13-12-18(7,8)20-11/h15H,12-14H2,1-11H3. The van der Waals surface area contributed by atoms with Gasteiger partial charge in [-0.3, -0.25) is 0 Å². The number of rotatable bonds is 9. The Labute approximate surface area is 139 Å². The Hall–Kier alpha value is -0.120. The van der Waals surface area contributed by atoms with Crippen LogP contribution in [0.15, 0.2) is 0 Å².